The van der Waals surface area contributed by atoms with Gasteiger partial charge in [0, 0.05) is 10.0 Å². The van der Waals surface area contributed by atoms with Gasteiger partial charge in [-0.1, -0.05) is 46.9 Å². The second-order valence-corrected chi connectivity index (χ2v) is 6.21. The van der Waals surface area contributed by atoms with Crippen molar-refractivity contribution in [3.63, 3.8) is 0 Å². The van der Waals surface area contributed by atoms with E-state index in [1.54, 1.807) is 37.4 Å². The Morgan fingerprint density at radius 3 is 2.40 bits per heavy atom. The summed E-state index contributed by atoms with van der Waals surface area (Å²) < 4.78 is 14.8. The zero-order valence-electron chi connectivity index (χ0n) is 10.4. The van der Waals surface area contributed by atoms with Gasteiger partial charge in [0.05, 0.1) is 21.1 Å². The molecule has 2 aromatic carbocycles. The Bertz CT molecular complexity index is 649. The number of hydrogen-bond acceptors (Lipinski definition) is 1. The Balaban J connectivity index is 2.52. The molecule has 20 heavy (non-hydrogen) atoms. The SMILES string of the molecule is CNC(c1ccc(Cl)c(Cl)c1)c1ccc(Br)c(Cl)c1F. The molecule has 1 atom stereocenters. The maximum Gasteiger partial charge on any atom is 0.148 e. The molecule has 2 aromatic rings. The highest BCUT2D eigenvalue weighted by Gasteiger charge is 2.20. The summed E-state index contributed by atoms with van der Waals surface area (Å²) in [6.07, 6.45) is 0. The molecule has 0 fully saturated rings. The van der Waals surface area contributed by atoms with Gasteiger partial charge in [-0.2, -0.15) is 0 Å². The molecule has 1 N–H and O–H groups in total. The average Bonchev–Trinajstić information content (AvgIpc) is 2.43. The smallest absolute Gasteiger partial charge is 0.148 e. The highest BCUT2D eigenvalue weighted by atomic mass is 79.9. The molecule has 0 aliphatic rings. The van der Waals surface area contributed by atoms with Crippen LogP contribution >= 0.6 is 50.7 Å². The van der Waals surface area contributed by atoms with E-state index in [1.165, 1.54) is 0 Å². The van der Waals surface area contributed by atoms with E-state index >= 15 is 0 Å². The van der Waals surface area contributed by atoms with E-state index in [4.69, 9.17) is 34.8 Å². The lowest BCUT2D eigenvalue weighted by Crippen LogP contribution is -2.19. The Kier molecular flexibility index (Phi) is 5.32. The van der Waals surface area contributed by atoms with Crippen molar-refractivity contribution >= 4 is 50.7 Å². The van der Waals surface area contributed by atoms with Crippen LogP contribution in [0.15, 0.2) is 34.8 Å². The number of halogens is 5. The quantitative estimate of drug-likeness (QED) is 0.640. The lowest BCUT2D eigenvalue weighted by atomic mass is 9.98. The van der Waals surface area contributed by atoms with Gasteiger partial charge < -0.3 is 5.32 Å². The molecular formula is C14H10BrCl3FN. The molecule has 0 bridgehead atoms. The van der Waals surface area contributed by atoms with Crippen molar-refractivity contribution in [2.75, 3.05) is 7.05 Å². The second-order valence-electron chi connectivity index (χ2n) is 4.16. The third kappa shape index (κ3) is 3.12. The zero-order valence-corrected chi connectivity index (χ0v) is 14.2. The van der Waals surface area contributed by atoms with Crippen LogP contribution in [0.3, 0.4) is 0 Å². The molecule has 0 aliphatic heterocycles. The molecule has 1 nitrogen and oxygen atoms in total. The van der Waals surface area contributed by atoms with Gasteiger partial charge in [-0.15, -0.1) is 0 Å². The average molecular weight is 398 g/mol. The maximum atomic E-state index is 14.3. The number of rotatable bonds is 3. The lowest BCUT2D eigenvalue weighted by Gasteiger charge is -2.19. The summed E-state index contributed by atoms with van der Waals surface area (Å²) in [4.78, 5) is 0. The molecule has 0 heterocycles. The van der Waals surface area contributed by atoms with Gasteiger partial charge >= 0.3 is 0 Å². The van der Waals surface area contributed by atoms with Gasteiger partial charge in [0.1, 0.15) is 5.82 Å². The third-order valence-corrected chi connectivity index (χ3v) is 4.94. The van der Waals surface area contributed by atoms with Crippen LogP contribution in [-0.4, -0.2) is 7.05 Å². The fourth-order valence-electron chi connectivity index (χ4n) is 1.96. The van der Waals surface area contributed by atoms with Crippen molar-refractivity contribution in [2.24, 2.45) is 0 Å². The van der Waals surface area contributed by atoms with E-state index in [-0.39, 0.29) is 11.1 Å². The summed E-state index contributed by atoms with van der Waals surface area (Å²) in [5, 5.41) is 3.99. The minimum atomic E-state index is -0.466. The predicted octanol–water partition coefficient (Wildman–Crippen LogP) is 5.86. The van der Waals surface area contributed by atoms with Crippen LogP contribution in [0.25, 0.3) is 0 Å². The van der Waals surface area contributed by atoms with Crippen molar-refractivity contribution in [2.45, 2.75) is 6.04 Å². The van der Waals surface area contributed by atoms with E-state index in [0.29, 0.717) is 20.1 Å². The van der Waals surface area contributed by atoms with Crippen molar-refractivity contribution in [1.29, 1.82) is 0 Å². The summed E-state index contributed by atoms with van der Waals surface area (Å²) in [7, 11) is 1.74. The molecule has 0 saturated carbocycles. The highest BCUT2D eigenvalue weighted by molar-refractivity contribution is 9.10. The minimum Gasteiger partial charge on any atom is -0.309 e. The zero-order chi connectivity index (χ0) is 14.9. The Morgan fingerprint density at radius 2 is 1.80 bits per heavy atom. The molecule has 0 aliphatic carbocycles. The van der Waals surface area contributed by atoms with E-state index in [9.17, 15) is 4.39 Å². The predicted molar refractivity (Wildman–Crippen MR) is 86.5 cm³/mol. The van der Waals surface area contributed by atoms with Crippen molar-refractivity contribution in [3.8, 4) is 0 Å². The van der Waals surface area contributed by atoms with E-state index in [0.717, 1.165) is 5.56 Å². The van der Waals surface area contributed by atoms with Gasteiger partial charge in [-0.25, -0.2) is 4.39 Å². The molecule has 0 aromatic heterocycles. The lowest BCUT2D eigenvalue weighted by molar-refractivity contribution is 0.576. The molecule has 106 valence electrons. The molecule has 0 amide bonds. The van der Waals surface area contributed by atoms with Gasteiger partial charge in [-0.3, -0.25) is 0 Å². The van der Waals surface area contributed by atoms with Gasteiger partial charge in [-0.05, 0) is 46.7 Å². The number of hydrogen-bond donors (Lipinski definition) is 1. The van der Waals surface area contributed by atoms with Crippen molar-refractivity contribution in [1.82, 2.24) is 5.32 Å². The van der Waals surface area contributed by atoms with Crippen LogP contribution in [0, 0.1) is 5.82 Å². The molecular weight excluding hydrogens is 387 g/mol. The molecule has 0 radical (unpaired) electrons. The first-order valence-corrected chi connectivity index (χ1v) is 7.64. The highest BCUT2D eigenvalue weighted by Crippen LogP contribution is 2.34. The fraction of sp³-hybridized carbons (Fsp3) is 0.143. The largest absolute Gasteiger partial charge is 0.309 e. The van der Waals surface area contributed by atoms with Crippen LogP contribution in [0.5, 0.6) is 0 Å². The first-order valence-electron chi connectivity index (χ1n) is 5.71. The summed E-state index contributed by atoms with van der Waals surface area (Å²) in [6, 6.07) is 8.21. The Morgan fingerprint density at radius 1 is 1.10 bits per heavy atom. The van der Waals surface area contributed by atoms with E-state index < -0.39 is 5.82 Å². The number of nitrogens with one attached hydrogen (secondary N) is 1. The van der Waals surface area contributed by atoms with Gasteiger partial charge in [0.15, 0.2) is 0 Å². The molecule has 0 spiro atoms. The van der Waals surface area contributed by atoms with Gasteiger partial charge in [0.2, 0.25) is 0 Å². The Labute approximate surface area is 140 Å². The van der Waals surface area contributed by atoms with E-state index in [1.807, 2.05) is 0 Å². The first kappa shape index (κ1) is 16.1. The summed E-state index contributed by atoms with van der Waals surface area (Å²) >= 11 is 21.0. The fourth-order valence-corrected chi connectivity index (χ4v) is 2.74. The molecule has 1 unspecified atom stereocenters. The topological polar surface area (TPSA) is 12.0 Å². The standard InChI is InChI=1S/C14H10BrCl3FN/c1-20-14(7-2-5-10(16)11(17)6-7)8-3-4-9(15)12(18)13(8)19/h2-6,14,20H,1H3. The Hall–Kier alpha value is -0.320. The van der Waals surface area contributed by atoms with Crippen molar-refractivity contribution in [3.05, 3.63) is 66.8 Å². The normalized spacial score (nSPS) is 12.5. The second kappa shape index (κ2) is 6.63. The maximum absolute atomic E-state index is 14.3. The van der Waals surface area contributed by atoms with Crippen LogP contribution in [0.1, 0.15) is 17.2 Å². The van der Waals surface area contributed by atoms with Crippen LogP contribution in [0.2, 0.25) is 15.1 Å². The van der Waals surface area contributed by atoms with Gasteiger partial charge in [0.25, 0.3) is 0 Å². The van der Waals surface area contributed by atoms with Crippen molar-refractivity contribution < 1.29 is 4.39 Å². The summed E-state index contributed by atoms with van der Waals surface area (Å²) in [6.45, 7) is 0. The summed E-state index contributed by atoms with van der Waals surface area (Å²) in [5.41, 5.74) is 1.25. The monoisotopic (exact) mass is 395 g/mol. The van der Waals surface area contributed by atoms with E-state index in [2.05, 4.69) is 21.2 Å². The first-order chi connectivity index (χ1) is 9.45. The third-order valence-electron chi connectivity index (χ3n) is 2.94. The van der Waals surface area contributed by atoms with Crippen LogP contribution < -0.4 is 5.32 Å². The van der Waals surface area contributed by atoms with Crippen LogP contribution in [0.4, 0.5) is 4.39 Å². The molecule has 6 heteroatoms. The number of benzene rings is 2. The van der Waals surface area contributed by atoms with Crippen LogP contribution in [-0.2, 0) is 0 Å². The molecule has 0 saturated heterocycles. The summed E-state index contributed by atoms with van der Waals surface area (Å²) in [5.74, 6) is -0.466. The molecule has 2 rings (SSSR count). The minimum absolute atomic E-state index is 0.0582.